The third kappa shape index (κ3) is 0.847. The van der Waals surface area contributed by atoms with E-state index in [-0.39, 0.29) is 0 Å². The van der Waals surface area contributed by atoms with Crippen molar-refractivity contribution in [2.45, 2.75) is 12.8 Å². The van der Waals surface area contributed by atoms with E-state index in [1.807, 2.05) is 0 Å². The number of nitrogen functional groups attached to an aromatic ring is 1. The number of hydrogen-bond acceptors (Lipinski definition) is 2. The Morgan fingerprint density at radius 3 is 3.20 bits per heavy atom. The van der Waals surface area contributed by atoms with Crippen LogP contribution < -0.4 is 5.73 Å². The van der Waals surface area contributed by atoms with E-state index >= 15 is 0 Å². The van der Waals surface area contributed by atoms with Gasteiger partial charge in [-0.1, -0.05) is 12.2 Å². The topological polar surface area (TPSA) is 26.0 Å². The molecule has 0 aromatic carbocycles. The molecular formula is C8H9NS. The SMILES string of the molecule is Nc1cc2c(s1)CCC=C2. The maximum atomic E-state index is 5.64. The second kappa shape index (κ2) is 2.13. The van der Waals surface area contributed by atoms with Gasteiger partial charge in [0.2, 0.25) is 0 Å². The van der Waals surface area contributed by atoms with Crippen molar-refractivity contribution in [1.82, 2.24) is 0 Å². The summed E-state index contributed by atoms with van der Waals surface area (Å²) in [5.74, 6) is 0. The van der Waals surface area contributed by atoms with E-state index in [4.69, 9.17) is 5.73 Å². The fourth-order valence-electron chi connectivity index (χ4n) is 1.23. The van der Waals surface area contributed by atoms with Gasteiger partial charge in [-0.3, -0.25) is 0 Å². The second-order valence-electron chi connectivity index (χ2n) is 2.47. The number of aryl methyl sites for hydroxylation is 1. The molecule has 0 atom stereocenters. The van der Waals surface area contributed by atoms with Crippen molar-refractivity contribution in [2.75, 3.05) is 5.73 Å². The average Bonchev–Trinajstić information content (AvgIpc) is 2.27. The van der Waals surface area contributed by atoms with E-state index in [2.05, 4.69) is 18.2 Å². The van der Waals surface area contributed by atoms with Crippen molar-refractivity contribution in [1.29, 1.82) is 0 Å². The van der Waals surface area contributed by atoms with Crippen molar-refractivity contribution in [3.63, 3.8) is 0 Å². The number of thiophene rings is 1. The lowest BCUT2D eigenvalue weighted by Gasteiger charge is -2.01. The molecule has 1 aliphatic rings. The molecule has 0 saturated heterocycles. The van der Waals surface area contributed by atoms with E-state index < -0.39 is 0 Å². The van der Waals surface area contributed by atoms with Gasteiger partial charge in [0.25, 0.3) is 0 Å². The van der Waals surface area contributed by atoms with Gasteiger partial charge in [-0.05, 0) is 24.5 Å². The normalized spacial score (nSPS) is 15.2. The predicted molar refractivity (Wildman–Crippen MR) is 46.1 cm³/mol. The van der Waals surface area contributed by atoms with Gasteiger partial charge in [-0.25, -0.2) is 0 Å². The highest BCUT2D eigenvalue weighted by atomic mass is 32.1. The zero-order valence-corrected chi connectivity index (χ0v) is 6.45. The lowest BCUT2D eigenvalue weighted by molar-refractivity contribution is 1.01. The summed E-state index contributed by atoms with van der Waals surface area (Å²) < 4.78 is 0. The zero-order chi connectivity index (χ0) is 6.97. The van der Waals surface area contributed by atoms with Gasteiger partial charge < -0.3 is 5.73 Å². The van der Waals surface area contributed by atoms with E-state index in [1.54, 1.807) is 11.3 Å². The number of fused-ring (bicyclic) bond motifs is 1. The Morgan fingerprint density at radius 1 is 1.50 bits per heavy atom. The van der Waals surface area contributed by atoms with Gasteiger partial charge in [-0.2, -0.15) is 0 Å². The molecule has 1 aliphatic carbocycles. The summed E-state index contributed by atoms with van der Waals surface area (Å²) in [6.45, 7) is 0. The molecule has 0 radical (unpaired) electrons. The van der Waals surface area contributed by atoms with Crippen LogP contribution in [0, 0.1) is 0 Å². The summed E-state index contributed by atoms with van der Waals surface area (Å²) in [5, 5.41) is 0.941. The van der Waals surface area contributed by atoms with Crippen LogP contribution in [-0.4, -0.2) is 0 Å². The summed E-state index contributed by atoms with van der Waals surface area (Å²) in [7, 11) is 0. The van der Waals surface area contributed by atoms with Crippen LogP contribution >= 0.6 is 11.3 Å². The molecule has 52 valence electrons. The van der Waals surface area contributed by atoms with Gasteiger partial charge >= 0.3 is 0 Å². The third-order valence-electron chi connectivity index (χ3n) is 1.70. The number of hydrogen-bond donors (Lipinski definition) is 1. The van der Waals surface area contributed by atoms with E-state index in [1.165, 1.54) is 23.3 Å². The Balaban J connectivity index is 2.53. The Labute approximate surface area is 64.2 Å². The van der Waals surface area contributed by atoms with Crippen molar-refractivity contribution in [3.8, 4) is 0 Å². The van der Waals surface area contributed by atoms with Crippen LogP contribution in [0.15, 0.2) is 12.1 Å². The number of anilines is 1. The van der Waals surface area contributed by atoms with Crippen LogP contribution in [0.4, 0.5) is 5.00 Å². The van der Waals surface area contributed by atoms with Gasteiger partial charge in [0.05, 0.1) is 5.00 Å². The van der Waals surface area contributed by atoms with Crippen LogP contribution in [-0.2, 0) is 6.42 Å². The summed E-state index contributed by atoms with van der Waals surface area (Å²) in [4.78, 5) is 1.44. The Kier molecular flexibility index (Phi) is 1.27. The van der Waals surface area contributed by atoms with E-state index in [9.17, 15) is 0 Å². The molecule has 0 saturated carbocycles. The predicted octanol–water partition coefficient (Wildman–Crippen LogP) is 2.29. The number of nitrogens with two attached hydrogens (primary N) is 1. The first-order chi connectivity index (χ1) is 4.86. The minimum Gasteiger partial charge on any atom is -0.391 e. The quantitative estimate of drug-likeness (QED) is 0.605. The highest BCUT2D eigenvalue weighted by molar-refractivity contribution is 7.16. The maximum absolute atomic E-state index is 5.64. The Hall–Kier alpha value is -0.760. The van der Waals surface area contributed by atoms with E-state index in [0.29, 0.717) is 0 Å². The zero-order valence-electron chi connectivity index (χ0n) is 5.63. The lowest BCUT2D eigenvalue weighted by Crippen LogP contribution is -1.85. The first kappa shape index (κ1) is 5.98. The average molecular weight is 151 g/mol. The smallest absolute Gasteiger partial charge is 0.0865 e. The van der Waals surface area contributed by atoms with Crippen LogP contribution in [0.5, 0.6) is 0 Å². The van der Waals surface area contributed by atoms with Crippen LogP contribution in [0.2, 0.25) is 0 Å². The standard InChI is InChI=1S/C8H9NS/c9-8-5-6-3-1-2-4-7(6)10-8/h1,3,5H,2,4,9H2. The molecule has 0 amide bonds. The largest absolute Gasteiger partial charge is 0.391 e. The third-order valence-corrected chi connectivity index (χ3v) is 2.74. The van der Waals surface area contributed by atoms with Gasteiger partial charge in [0.1, 0.15) is 0 Å². The maximum Gasteiger partial charge on any atom is 0.0865 e. The minimum atomic E-state index is 0.941. The van der Waals surface area contributed by atoms with Crippen molar-refractivity contribution in [3.05, 3.63) is 22.6 Å². The van der Waals surface area contributed by atoms with Gasteiger partial charge in [-0.15, -0.1) is 11.3 Å². The second-order valence-corrected chi connectivity index (χ2v) is 3.64. The molecule has 2 rings (SSSR count). The molecule has 0 spiro atoms. The monoisotopic (exact) mass is 151 g/mol. The fraction of sp³-hybridized carbons (Fsp3) is 0.250. The van der Waals surface area contributed by atoms with E-state index in [0.717, 1.165) is 5.00 Å². The summed E-state index contributed by atoms with van der Waals surface area (Å²) >= 11 is 1.72. The Bertz CT molecular complexity index is 273. The molecule has 2 heteroatoms. The summed E-state index contributed by atoms with van der Waals surface area (Å²) in [6.07, 6.45) is 6.71. The van der Waals surface area contributed by atoms with Gasteiger partial charge in [0, 0.05) is 4.88 Å². The van der Waals surface area contributed by atoms with Crippen molar-refractivity contribution in [2.24, 2.45) is 0 Å². The number of allylic oxidation sites excluding steroid dienone is 1. The van der Waals surface area contributed by atoms with Crippen LogP contribution in [0.25, 0.3) is 6.08 Å². The molecule has 0 aliphatic heterocycles. The molecule has 1 heterocycles. The number of rotatable bonds is 0. The van der Waals surface area contributed by atoms with Crippen LogP contribution in [0.1, 0.15) is 16.9 Å². The molecule has 1 nitrogen and oxygen atoms in total. The fourth-order valence-corrected chi connectivity index (χ4v) is 2.16. The first-order valence-corrected chi connectivity index (χ1v) is 4.22. The molecule has 10 heavy (non-hydrogen) atoms. The van der Waals surface area contributed by atoms with Crippen molar-refractivity contribution < 1.29 is 0 Å². The molecule has 1 aromatic heterocycles. The molecular weight excluding hydrogens is 142 g/mol. The molecule has 0 unspecified atom stereocenters. The first-order valence-electron chi connectivity index (χ1n) is 3.41. The molecule has 0 fully saturated rings. The minimum absolute atomic E-state index is 0.941. The summed E-state index contributed by atoms with van der Waals surface area (Å²) in [6, 6.07) is 2.05. The van der Waals surface area contributed by atoms with Crippen LogP contribution in [0.3, 0.4) is 0 Å². The molecule has 2 N–H and O–H groups in total. The lowest BCUT2D eigenvalue weighted by atomic mass is 10.1. The van der Waals surface area contributed by atoms with Crippen molar-refractivity contribution >= 4 is 22.4 Å². The highest BCUT2D eigenvalue weighted by Gasteiger charge is 2.06. The highest BCUT2D eigenvalue weighted by Crippen LogP contribution is 2.29. The molecule has 0 bridgehead atoms. The van der Waals surface area contributed by atoms with Gasteiger partial charge in [0.15, 0.2) is 0 Å². The molecule has 1 aromatic rings. The Morgan fingerprint density at radius 2 is 2.40 bits per heavy atom. The summed E-state index contributed by atoms with van der Waals surface area (Å²) in [5.41, 5.74) is 6.97.